The number of aromatic nitrogens is 1. The highest BCUT2D eigenvalue weighted by atomic mass is 35.5. The van der Waals surface area contributed by atoms with Crippen LogP contribution in [0, 0.1) is 5.82 Å². The molecule has 92 valence electrons. The van der Waals surface area contributed by atoms with E-state index in [4.69, 9.17) is 23.2 Å². The zero-order chi connectivity index (χ0) is 12.0. The lowest BCUT2D eigenvalue weighted by molar-refractivity contribution is 0.460. The zero-order valence-corrected chi connectivity index (χ0v) is 10.8. The first-order valence-electron chi connectivity index (χ1n) is 5.88. The topological polar surface area (TPSA) is 16.1 Å². The van der Waals surface area contributed by atoms with E-state index in [0.717, 1.165) is 25.7 Å². The van der Waals surface area contributed by atoms with E-state index in [-0.39, 0.29) is 11.2 Å². The fraction of sp³-hybridized carbons (Fsp3) is 0.583. The molecule has 2 atom stereocenters. The quantitative estimate of drug-likeness (QED) is 0.728. The Bertz CT molecular complexity index is 427. The van der Waals surface area contributed by atoms with E-state index in [9.17, 15) is 4.39 Å². The second kappa shape index (κ2) is 4.29. The van der Waals surface area contributed by atoms with E-state index >= 15 is 0 Å². The van der Waals surface area contributed by atoms with E-state index in [2.05, 4.69) is 9.88 Å². The Labute approximate surface area is 110 Å². The monoisotopic (exact) mass is 274 g/mol. The molecule has 0 saturated carbocycles. The van der Waals surface area contributed by atoms with Gasteiger partial charge in [-0.2, -0.15) is 0 Å². The number of hydrogen-bond donors (Lipinski definition) is 0. The summed E-state index contributed by atoms with van der Waals surface area (Å²) >= 11 is 11.9. The lowest BCUT2D eigenvalue weighted by atomic mass is 10.0. The van der Waals surface area contributed by atoms with E-state index in [1.165, 1.54) is 12.3 Å². The molecule has 2 aliphatic heterocycles. The normalized spacial score (nSPS) is 31.9. The summed E-state index contributed by atoms with van der Waals surface area (Å²) in [6, 6.07) is 2.00. The lowest BCUT2D eigenvalue weighted by Crippen LogP contribution is -2.44. The summed E-state index contributed by atoms with van der Waals surface area (Å²) in [5, 5.41) is 0.560. The van der Waals surface area contributed by atoms with Gasteiger partial charge in [-0.05, 0) is 31.7 Å². The molecule has 0 aromatic carbocycles. The van der Waals surface area contributed by atoms with Gasteiger partial charge >= 0.3 is 0 Å². The van der Waals surface area contributed by atoms with Gasteiger partial charge in [-0.25, -0.2) is 9.37 Å². The maximum absolute atomic E-state index is 13.9. The standard InChI is InChI=1S/C12H13Cl2FN2/c13-7-3-9-1-2-10(4-7)17(9)12-11(15)5-8(14)6-16-12/h5-7,9-10H,1-4H2. The van der Waals surface area contributed by atoms with E-state index < -0.39 is 0 Å². The van der Waals surface area contributed by atoms with Crippen molar-refractivity contribution in [3.05, 3.63) is 23.1 Å². The fourth-order valence-corrected chi connectivity index (χ4v) is 3.61. The highest BCUT2D eigenvalue weighted by Crippen LogP contribution is 2.41. The number of hydrogen-bond acceptors (Lipinski definition) is 2. The van der Waals surface area contributed by atoms with Crippen molar-refractivity contribution >= 4 is 29.0 Å². The van der Waals surface area contributed by atoms with Gasteiger partial charge in [-0.15, -0.1) is 11.6 Å². The summed E-state index contributed by atoms with van der Waals surface area (Å²) in [7, 11) is 0. The first kappa shape index (κ1) is 11.5. The molecular weight excluding hydrogens is 262 g/mol. The number of fused-ring (bicyclic) bond motifs is 2. The van der Waals surface area contributed by atoms with Gasteiger partial charge in [0.15, 0.2) is 11.6 Å². The number of piperidine rings is 1. The third-order valence-corrected chi connectivity index (χ3v) is 4.27. The van der Waals surface area contributed by atoms with Gasteiger partial charge in [0.1, 0.15) is 0 Å². The highest BCUT2D eigenvalue weighted by Gasteiger charge is 2.41. The predicted octanol–water partition coefficient (Wildman–Crippen LogP) is 3.61. The number of pyridine rings is 1. The molecule has 3 rings (SSSR count). The van der Waals surface area contributed by atoms with Crippen LogP contribution in [-0.2, 0) is 0 Å². The van der Waals surface area contributed by atoms with Gasteiger partial charge < -0.3 is 4.90 Å². The molecule has 2 nitrogen and oxygen atoms in total. The molecule has 0 radical (unpaired) electrons. The first-order valence-corrected chi connectivity index (χ1v) is 6.70. The summed E-state index contributed by atoms with van der Waals surface area (Å²) in [5.74, 6) is 0.105. The van der Waals surface area contributed by atoms with Gasteiger partial charge in [0, 0.05) is 23.7 Å². The van der Waals surface area contributed by atoms with Crippen molar-refractivity contribution in [3.8, 4) is 0 Å². The number of halogens is 3. The van der Waals surface area contributed by atoms with Crippen molar-refractivity contribution in [3.63, 3.8) is 0 Å². The molecular formula is C12H13Cl2FN2. The van der Waals surface area contributed by atoms with Crippen molar-refractivity contribution in [2.45, 2.75) is 43.1 Å². The summed E-state index contributed by atoms with van der Waals surface area (Å²) in [5.41, 5.74) is 0. The van der Waals surface area contributed by atoms with Crippen LogP contribution in [0.2, 0.25) is 5.02 Å². The number of rotatable bonds is 1. The molecule has 0 spiro atoms. The average molecular weight is 275 g/mol. The van der Waals surface area contributed by atoms with Gasteiger partial charge in [0.05, 0.1) is 5.02 Å². The molecule has 1 aromatic rings. The van der Waals surface area contributed by atoms with Crippen LogP contribution < -0.4 is 4.90 Å². The average Bonchev–Trinajstić information content (AvgIpc) is 2.53. The fourth-order valence-electron chi connectivity index (χ4n) is 3.05. The molecule has 2 saturated heterocycles. The number of nitrogens with zero attached hydrogens (tertiary/aromatic N) is 2. The highest BCUT2D eigenvalue weighted by molar-refractivity contribution is 6.30. The smallest absolute Gasteiger partial charge is 0.167 e. The van der Waals surface area contributed by atoms with Gasteiger partial charge in [0.25, 0.3) is 0 Å². The largest absolute Gasteiger partial charge is 0.348 e. The van der Waals surface area contributed by atoms with Crippen LogP contribution >= 0.6 is 23.2 Å². The van der Waals surface area contributed by atoms with Crippen LogP contribution in [0.25, 0.3) is 0 Å². The van der Waals surface area contributed by atoms with Crippen molar-refractivity contribution in [1.29, 1.82) is 0 Å². The Kier molecular flexibility index (Phi) is 2.91. The van der Waals surface area contributed by atoms with Crippen LogP contribution in [0.15, 0.2) is 12.3 Å². The van der Waals surface area contributed by atoms with Crippen molar-refractivity contribution in [2.75, 3.05) is 4.90 Å². The summed E-state index contributed by atoms with van der Waals surface area (Å²) in [4.78, 5) is 6.24. The van der Waals surface area contributed by atoms with Gasteiger partial charge in [0.2, 0.25) is 0 Å². The molecule has 5 heteroatoms. The second-order valence-corrected chi connectivity index (χ2v) is 5.87. The molecule has 3 heterocycles. The minimum absolute atomic E-state index is 0.221. The maximum atomic E-state index is 13.9. The van der Waals surface area contributed by atoms with E-state index in [0.29, 0.717) is 22.9 Å². The molecule has 0 N–H and O–H groups in total. The molecule has 1 aromatic heterocycles. The maximum Gasteiger partial charge on any atom is 0.167 e. The second-order valence-electron chi connectivity index (χ2n) is 4.82. The molecule has 17 heavy (non-hydrogen) atoms. The number of alkyl halides is 1. The van der Waals surface area contributed by atoms with Crippen LogP contribution in [0.4, 0.5) is 10.2 Å². The van der Waals surface area contributed by atoms with Crippen LogP contribution in [0.3, 0.4) is 0 Å². The summed E-state index contributed by atoms with van der Waals surface area (Å²) in [6.45, 7) is 0. The molecule has 0 aliphatic carbocycles. The number of anilines is 1. The van der Waals surface area contributed by atoms with Crippen LogP contribution in [0.1, 0.15) is 25.7 Å². The summed E-state index contributed by atoms with van der Waals surface area (Å²) in [6.07, 6.45) is 5.51. The predicted molar refractivity (Wildman–Crippen MR) is 67.4 cm³/mol. The van der Waals surface area contributed by atoms with E-state index in [1.807, 2.05) is 0 Å². The molecule has 2 bridgehead atoms. The Balaban J connectivity index is 1.94. The van der Waals surface area contributed by atoms with Crippen molar-refractivity contribution in [1.82, 2.24) is 4.98 Å². The molecule has 2 aliphatic rings. The lowest BCUT2D eigenvalue weighted by Gasteiger charge is -2.38. The third kappa shape index (κ3) is 2.00. The Morgan fingerprint density at radius 3 is 2.53 bits per heavy atom. The SMILES string of the molecule is Fc1cc(Cl)cnc1N1C2CCC1CC(Cl)C2. The minimum atomic E-state index is -0.331. The third-order valence-electron chi connectivity index (χ3n) is 3.71. The molecule has 0 amide bonds. The van der Waals surface area contributed by atoms with Crippen LogP contribution in [0.5, 0.6) is 0 Å². The molecule has 2 fully saturated rings. The first-order chi connectivity index (χ1) is 8.15. The van der Waals surface area contributed by atoms with Crippen molar-refractivity contribution < 1.29 is 4.39 Å². The molecule has 2 unspecified atom stereocenters. The summed E-state index contributed by atoms with van der Waals surface area (Å²) < 4.78 is 13.9. The Morgan fingerprint density at radius 2 is 1.94 bits per heavy atom. The van der Waals surface area contributed by atoms with Crippen LogP contribution in [-0.4, -0.2) is 22.4 Å². The van der Waals surface area contributed by atoms with Gasteiger partial charge in [-0.3, -0.25) is 0 Å². The zero-order valence-electron chi connectivity index (χ0n) is 9.24. The minimum Gasteiger partial charge on any atom is -0.348 e. The van der Waals surface area contributed by atoms with Gasteiger partial charge in [-0.1, -0.05) is 11.6 Å². The van der Waals surface area contributed by atoms with Crippen molar-refractivity contribution in [2.24, 2.45) is 0 Å². The Morgan fingerprint density at radius 1 is 1.29 bits per heavy atom. The Hall–Kier alpha value is -0.540. The van der Waals surface area contributed by atoms with E-state index in [1.54, 1.807) is 0 Å².